The predicted molar refractivity (Wildman–Crippen MR) is 56.0 cm³/mol. The van der Waals surface area contributed by atoms with Crippen molar-refractivity contribution in [2.75, 3.05) is 0 Å². The summed E-state index contributed by atoms with van der Waals surface area (Å²) < 4.78 is 0.866. The summed E-state index contributed by atoms with van der Waals surface area (Å²) in [6.45, 7) is 6.43. The molecule has 0 aromatic carbocycles. The molecule has 2 aromatic heterocycles. The molecule has 14 heavy (non-hydrogen) atoms. The fourth-order valence-electron chi connectivity index (χ4n) is 1.72. The maximum atomic E-state index is 11.4. The Hall–Kier alpha value is -1.51. The van der Waals surface area contributed by atoms with Crippen molar-refractivity contribution >= 4 is 11.0 Å². The molecule has 3 heteroatoms. The van der Waals surface area contributed by atoms with Crippen molar-refractivity contribution in [3.8, 4) is 0 Å². The molecule has 0 aliphatic carbocycles. The van der Waals surface area contributed by atoms with Crippen LogP contribution in [0.3, 0.4) is 0 Å². The van der Waals surface area contributed by atoms with Crippen LogP contribution in [0.5, 0.6) is 0 Å². The fraction of sp³-hybridized carbons (Fsp3) is 0.364. The summed E-state index contributed by atoms with van der Waals surface area (Å²) in [5.74, 6) is 0. The van der Waals surface area contributed by atoms with Gasteiger partial charge in [-0.2, -0.15) is 0 Å². The van der Waals surface area contributed by atoms with Crippen molar-refractivity contribution in [2.45, 2.75) is 26.2 Å². The van der Waals surface area contributed by atoms with E-state index in [1.165, 1.54) is 5.56 Å². The zero-order valence-corrected chi connectivity index (χ0v) is 8.66. The molecule has 0 amide bonds. The number of aromatic amines is 1. The van der Waals surface area contributed by atoms with Gasteiger partial charge in [0.15, 0.2) is 0 Å². The molecule has 0 saturated heterocycles. The maximum Gasteiger partial charge on any atom is 0.289 e. The molecule has 0 unspecified atom stereocenters. The molecule has 1 N–H and O–H groups in total. The van der Waals surface area contributed by atoms with Crippen molar-refractivity contribution in [1.29, 1.82) is 0 Å². The van der Waals surface area contributed by atoms with Crippen molar-refractivity contribution < 1.29 is 4.73 Å². The number of nitrogens with zero attached hydrogens (tertiary/aromatic N) is 1. The highest BCUT2D eigenvalue weighted by Crippen LogP contribution is 2.27. The van der Waals surface area contributed by atoms with Gasteiger partial charge in [-0.1, -0.05) is 20.8 Å². The zero-order valence-electron chi connectivity index (χ0n) is 8.66. The first-order valence-corrected chi connectivity index (χ1v) is 4.70. The Morgan fingerprint density at radius 1 is 1.29 bits per heavy atom. The van der Waals surface area contributed by atoms with E-state index in [9.17, 15) is 5.21 Å². The predicted octanol–water partition coefficient (Wildman–Crippen LogP) is 2.10. The van der Waals surface area contributed by atoms with Crippen LogP contribution in [0.15, 0.2) is 24.5 Å². The first-order chi connectivity index (χ1) is 6.50. The third-order valence-electron chi connectivity index (χ3n) is 2.42. The minimum atomic E-state index is 0.0642. The second-order valence-electron chi connectivity index (χ2n) is 4.55. The number of hydrogen-bond donors (Lipinski definition) is 1. The highest BCUT2D eigenvalue weighted by Gasteiger charge is 2.19. The number of nitrogens with one attached hydrogen (secondary N) is 1. The van der Waals surface area contributed by atoms with E-state index in [4.69, 9.17) is 0 Å². The Labute approximate surface area is 83.0 Å². The Morgan fingerprint density at radius 3 is 2.64 bits per heavy atom. The highest BCUT2D eigenvalue weighted by atomic mass is 16.5. The van der Waals surface area contributed by atoms with E-state index in [2.05, 4.69) is 25.8 Å². The van der Waals surface area contributed by atoms with Gasteiger partial charge in [0.25, 0.3) is 5.65 Å². The monoisotopic (exact) mass is 190 g/mol. The van der Waals surface area contributed by atoms with Crippen LogP contribution in [0.25, 0.3) is 11.0 Å². The van der Waals surface area contributed by atoms with Crippen LogP contribution in [-0.4, -0.2) is 4.98 Å². The Bertz CT molecular complexity index is 466. The van der Waals surface area contributed by atoms with Gasteiger partial charge in [-0.25, -0.2) is 9.71 Å². The smallest absolute Gasteiger partial charge is 0.289 e. The molecule has 0 aliphatic heterocycles. The first kappa shape index (κ1) is 9.06. The lowest BCUT2D eigenvalue weighted by molar-refractivity contribution is -0.579. The van der Waals surface area contributed by atoms with Crippen LogP contribution in [0.4, 0.5) is 0 Å². The molecule has 0 atom stereocenters. The van der Waals surface area contributed by atoms with E-state index in [-0.39, 0.29) is 5.41 Å². The third kappa shape index (κ3) is 1.25. The van der Waals surface area contributed by atoms with E-state index < -0.39 is 0 Å². The quantitative estimate of drug-likeness (QED) is 0.501. The van der Waals surface area contributed by atoms with E-state index in [1.807, 2.05) is 12.1 Å². The number of hydrogen-bond acceptors (Lipinski definition) is 1. The summed E-state index contributed by atoms with van der Waals surface area (Å²) in [5.41, 5.74) is 1.90. The SMILES string of the molecule is CC(C)(C)c1cc[n+]([O-])c2[nH]ccc12. The van der Waals surface area contributed by atoms with Gasteiger partial charge < -0.3 is 5.21 Å². The molecule has 2 heterocycles. The molecule has 74 valence electrons. The normalized spacial score (nSPS) is 12.2. The lowest BCUT2D eigenvalue weighted by Gasteiger charge is -2.19. The van der Waals surface area contributed by atoms with Gasteiger partial charge in [0.1, 0.15) is 0 Å². The highest BCUT2D eigenvalue weighted by molar-refractivity contribution is 5.77. The first-order valence-electron chi connectivity index (χ1n) is 4.70. The van der Waals surface area contributed by atoms with Crippen molar-refractivity contribution in [1.82, 2.24) is 4.98 Å². The van der Waals surface area contributed by atoms with E-state index in [1.54, 1.807) is 12.4 Å². The minimum Gasteiger partial charge on any atom is -0.711 e. The van der Waals surface area contributed by atoms with E-state index in [0.29, 0.717) is 5.65 Å². The molecule has 0 spiro atoms. The van der Waals surface area contributed by atoms with Gasteiger partial charge in [0.05, 0.1) is 17.8 Å². The molecule has 0 saturated carbocycles. The van der Waals surface area contributed by atoms with Crippen molar-refractivity contribution in [3.05, 3.63) is 35.3 Å². The van der Waals surface area contributed by atoms with Crippen LogP contribution in [0.1, 0.15) is 26.3 Å². The summed E-state index contributed by atoms with van der Waals surface area (Å²) in [6, 6.07) is 3.84. The fourth-order valence-corrected chi connectivity index (χ4v) is 1.72. The summed E-state index contributed by atoms with van der Waals surface area (Å²) in [7, 11) is 0. The van der Waals surface area contributed by atoms with Crippen LogP contribution >= 0.6 is 0 Å². The Balaban J connectivity index is 2.80. The maximum absolute atomic E-state index is 11.4. The lowest BCUT2D eigenvalue weighted by atomic mass is 9.86. The van der Waals surface area contributed by atoms with Gasteiger partial charge in [-0.15, -0.1) is 0 Å². The topological polar surface area (TPSA) is 42.7 Å². The average Bonchev–Trinajstić information content (AvgIpc) is 2.50. The molecule has 2 rings (SSSR count). The largest absolute Gasteiger partial charge is 0.711 e. The molecule has 2 aromatic rings. The van der Waals surface area contributed by atoms with Gasteiger partial charge in [0, 0.05) is 0 Å². The van der Waals surface area contributed by atoms with E-state index >= 15 is 0 Å². The molecular weight excluding hydrogens is 176 g/mol. The summed E-state index contributed by atoms with van der Waals surface area (Å²) in [5, 5.41) is 12.4. The van der Waals surface area contributed by atoms with Crippen LogP contribution < -0.4 is 4.73 Å². The summed E-state index contributed by atoms with van der Waals surface area (Å²) in [6.07, 6.45) is 3.35. The molecule has 3 nitrogen and oxygen atoms in total. The average molecular weight is 190 g/mol. The second-order valence-corrected chi connectivity index (χ2v) is 4.55. The number of H-pyrrole nitrogens is 1. The number of pyridine rings is 1. The molecule has 0 bridgehead atoms. The van der Waals surface area contributed by atoms with Crippen LogP contribution in [-0.2, 0) is 5.41 Å². The lowest BCUT2D eigenvalue weighted by Crippen LogP contribution is -2.28. The van der Waals surface area contributed by atoms with E-state index in [0.717, 1.165) is 10.1 Å². The molecule has 0 radical (unpaired) electrons. The molecule has 0 fully saturated rings. The van der Waals surface area contributed by atoms with Crippen molar-refractivity contribution in [2.24, 2.45) is 0 Å². The van der Waals surface area contributed by atoms with Gasteiger partial charge >= 0.3 is 0 Å². The van der Waals surface area contributed by atoms with Crippen LogP contribution in [0.2, 0.25) is 0 Å². The van der Waals surface area contributed by atoms with Gasteiger partial charge in [-0.3, -0.25) is 0 Å². The molecule has 0 aliphatic rings. The Kier molecular flexibility index (Phi) is 1.77. The molecular formula is C11H14N2O. The number of rotatable bonds is 0. The van der Waals surface area contributed by atoms with Gasteiger partial charge in [0.2, 0.25) is 0 Å². The zero-order chi connectivity index (χ0) is 10.3. The summed E-state index contributed by atoms with van der Waals surface area (Å²) in [4.78, 5) is 2.95. The number of fused-ring (bicyclic) bond motifs is 1. The minimum absolute atomic E-state index is 0.0642. The van der Waals surface area contributed by atoms with Crippen molar-refractivity contribution in [3.63, 3.8) is 0 Å². The standard InChI is InChI=1S/C11H14N2O/c1-11(2,3)9-5-7-13(14)10-8(9)4-6-12-10/h4-7,12H,1-3H3. The van der Waals surface area contributed by atoms with Crippen LogP contribution in [0, 0.1) is 5.21 Å². The Morgan fingerprint density at radius 2 is 2.00 bits per heavy atom. The second kappa shape index (κ2) is 2.74. The summed E-state index contributed by atoms with van der Waals surface area (Å²) >= 11 is 0. The van der Waals surface area contributed by atoms with Gasteiger partial charge in [-0.05, 0) is 23.1 Å². The third-order valence-corrected chi connectivity index (χ3v) is 2.42. The number of aromatic nitrogens is 2.